The van der Waals surface area contributed by atoms with Crippen molar-refractivity contribution in [2.45, 2.75) is 38.9 Å². The summed E-state index contributed by atoms with van der Waals surface area (Å²) in [7, 11) is 0. The molecule has 5 rings (SSSR count). The van der Waals surface area contributed by atoms with Crippen LogP contribution < -0.4 is 10.2 Å². The molecular formula is C25H29ClN4. The largest absolute Gasteiger partial charge is 0.353 e. The van der Waals surface area contributed by atoms with Gasteiger partial charge in [-0.05, 0) is 55.6 Å². The van der Waals surface area contributed by atoms with Crippen molar-refractivity contribution >= 4 is 28.3 Å². The Hall–Kier alpha value is -2.14. The number of fused-ring (bicyclic) bond motifs is 2. The summed E-state index contributed by atoms with van der Waals surface area (Å²) < 4.78 is 0. The first-order valence-corrected chi connectivity index (χ1v) is 11.4. The molecule has 2 saturated heterocycles. The zero-order valence-corrected chi connectivity index (χ0v) is 18.3. The number of anilines is 1. The lowest BCUT2D eigenvalue weighted by atomic mass is 10.1. The Morgan fingerprint density at radius 1 is 1.07 bits per heavy atom. The molecule has 0 radical (unpaired) electrons. The van der Waals surface area contributed by atoms with Crippen LogP contribution in [0.1, 0.15) is 29.5 Å². The van der Waals surface area contributed by atoms with Crippen LogP contribution in [-0.2, 0) is 13.1 Å². The molecule has 0 amide bonds. The Bertz CT molecular complexity index is 1030. The molecule has 3 aromatic rings. The zero-order chi connectivity index (χ0) is 20.5. The number of rotatable bonds is 5. The van der Waals surface area contributed by atoms with E-state index in [2.05, 4.69) is 58.4 Å². The fourth-order valence-electron chi connectivity index (χ4n) is 4.91. The van der Waals surface area contributed by atoms with Gasteiger partial charge >= 0.3 is 0 Å². The number of aryl methyl sites for hydroxylation is 1. The second-order valence-electron chi connectivity index (χ2n) is 8.63. The van der Waals surface area contributed by atoms with E-state index in [1.165, 1.54) is 41.5 Å². The Labute approximate surface area is 183 Å². The molecule has 3 heterocycles. The number of nitrogens with zero attached hydrogens (tertiary/aromatic N) is 3. The van der Waals surface area contributed by atoms with E-state index in [-0.39, 0.29) is 0 Å². The highest BCUT2D eigenvalue weighted by atomic mass is 35.5. The average molecular weight is 421 g/mol. The van der Waals surface area contributed by atoms with Crippen LogP contribution in [0.15, 0.2) is 48.5 Å². The number of nitrogens with one attached hydrogen (secondary N) is 1. The van der Waals surface area contributed by atoms with Crippen LogP contribution in [0, 0.1) is 6.92 Å². The zero-order valence-electron chi connectivity index (χ0n) is 17.6. The summed E-state index contributed by atoms with van der Waals surface area (Å²) in [6.07, 6.45) is 2.64. The molecular weight excluding hydrogens is 392 g/mol. The van der Waals surface area contributed by atoms with E-state index in [1.54, 1.807) is 0 Å². The number of hydrogen-bond acceptors (Lipinski definition) is 4. The van der Waals surface area contributed by atoms with Crippen molar-refractivity contribution in [1.82, 2.24) is 15.2 Å². The SMILES string of the molecule is Cc1cccc2cc(CNCc3ccc(Cl)cc3)c(N3CCN4CCC[C@H]4C3)nc12. The Morgan fingerprint density at radius 2 is 1.93 bits per heavy atom. The molecule has 1 N–H and O–H groups in total. The Morgan fingerprint density at radius 3 is 2.80 bits per heavy atom. The summed E-state index contributed by atoms with van der Waals surface area (Å²) in [4.78, 5) is 10.4. The number of halogens is 1. The van der Waals surface area contributed by atoms with Gasteiger partial charge in [-0.2, -0.15) is 0 Å². The first kappa shape index (κ1) is 19.8. The molecule has 1 atom stereocenters. The molecule has 2 aromatic carbocycles. The second kappa shape index (κ2) is 8.54. The van der Waals surface area contributed by atoms with Crippen LogP contribution in [0.4, 0.5) is 5.82 Å². The van der Waals surface area contributed by atoms with Gasteiger partial charge in [-0.3, -0.25) is 4.90 Å². The van der Waals surface area contributed by atoms with Crippen molar-refractivity contribution in [1.29, 1.82) is 0 Å². The third-order valence-corrected chi connectivity index (χ3v) is 6.80. The average Bonchev–Trinajstić information content (AvgIpc) is 3.23. The van der Waals surface area contributed by atoms with Crippen molar-refractivity contribution in [2.24, 2.45) is 0 Å². The topological polar surface area (TPSA) is 31.4 Å². The maximum atomic E-state index is 6.02. The molecule has 0 bridgehead atoms. The number of pyridine rings is 1. The molecule has 2 aliphatic rings. The van der Waals surface area contributed by atoms with Crippen LogP contribution in [0.3, 0.4) is 0 Å². The van der Waals surface area contributed by atoms with Crippen LogP contribution in [0.2, 0.25) is 5.02 Å². The summed E-state index contributed by atoms with van der Waals surface area (Å²) in [6.45, 7) is 8.35. The Kier molecular flexibility index (Phi) is 5.64. The third kappa shape index (κ3) is 4.04. The summed E-state index contributed by atoms with van der Waals surface area (Å²) in [6, 6.07) is 17.5. The molecule has 4 nitrogen and oxygen atoms in total. The van der Waals surface area contributed by atoms with E-state index >= 15 is 0 Å². The Balaban J connectivity index is 1.41. The van der Waals surface area contributed by atoms with Crippen molar-refractivity contribution in [3.05, 3.63) is 70.2 Å². The smallest absolute Gasteiger partial charge is 0.133 e. The molecule has 0 unspecified atom stereocenters. The molecule has 2 fully saturated rings. The fraction of sp³-hybridized carbons (Fsp3) is 0.400. The molecule has 5 heteroatoms. The molecule has 2 aliphatic heterocycles. The van der Waals surface area contributed by atoms with Gasteiger partial charge in [0.15, 0.2) is 0 Å². The van der Waals surface area contributed by atoms with Gasteiger partial charge in [-0.25, -0.2) is 4.98 Å². The van der Waals surface area contributed by atoms with E-state index < -0.39 is 0 Å². The first-order valence-electron chi connectivity index (χ1n) is 11.0. The molecule has 0 spiro atoms. The monoisotopic (exact) mass is 420 g/mol. The van der Waals surface area contributed by atoms with Gasteiger partial charge in [-0.1, -0.05) is 41.9 Å². The first-order chi connectivity index (χ1) is 14.7. The van der Waals surface area contributed by atoms with Crippen LogP contribution in [0.25, 0.3) is 10.9 Å². The summed E-state index contributed by atoms with van der Waals surface area (Å²) in [5.41, 5.74) is 4.90. The van der Waals surface area contributed by atoms with Crippen LogP contribution in [-0.4, -0.2) is 42.1 Å². The lowest BCUT2D eigenvalue weighted by Crippen LogP contribution is -2.50. The van der Waals surface area contributed by atoms with Crippen molar-refractivity contribution in [3.63, 3.8) is 0 Å². The van der Waals surface area contributed by atoms with E-state index in [0.717, 1.165) is 49.1 Å². The van der Waals surface area contributed by atoms with E-state index in [0.29, 0.717) is 6.04 Å². The highest BCUT2D eigenvalue weighted by Crippen LogP contribution is 2.30. The van der Waals surface area contributed by atoms with Gasteiger partial charge in [0, 0.05) is 54.7 Å². The molecule has 30 heavy (non-hydrogen) atoms. The number of hydrogen-bond donors (Lipinski definition) is 1. The van der Waals surface area contributed by atoms with E-state index in [4.69, 9.17) is 16.6 Å². The van der Waals surface area contributed by atoms with Crippen molar-refractivity contribution < 1.29 is 0 Å². The van der Waals surface area contributed by atoms with Gasteiger partial charge in [0.2, 0.25) is 0 Å². The maximum Gasteiger partial charge on any atom is 0.133 e. The normalized spacial score (nSPS) is 19.4. The van der Waals surface area contributed by atoms with Gasteiger partial charge in [0.1, 0.15) is 5.82 Å². The van der Waals surface area contributed by atoms with Gasteiger partial charge in [0.05, 0.1) is 5.52 Å². The van der Waals surface area contributed by atoms with Crippen molar-refractivity contribution in [3.8, 4) is 0 Å². The fourth-order valence-corrected chi connectivity index (χ4v) is 5.04. The van der Waals surface area contributed by atoms with Gasteiger partial charge < -0.3 is 10.2 Å². The maximum absolute atomic E-state index is 6.02. The number of benzene rings is 2. The highest BCUT2D eigenvalue weighted by Gasteiger charge is 2.31. The lowest BCUT2D eigenvalue weighted by molar-refractivity contribution is 0.230. The summed E-state index contributed by atoms with van der Waals surface area (Å²) >= 11 is 6.02. The van der Waals surface area contributed by atoms with E-state index in [1.807, 2.05) is 12.1 Å². The third-order valence-electron chi connectivity index (χ3n) is 6.55. The highest BCUT2D eigenvalue weighted by molar-refractivity contribution is 6.30. The molecule has 0 saturated carbocycles. The standard InChI is InChI=1S/C25H29ClN4/c1-18-4-2-5-20-14-21(16-27-15-19-7-9-22(26)10-8-19)25(28-24(18)20)30-13-12-29-11-3-6-23(29)17-30/h2,4-5,7-10,14,23,27H,3,6,11-13,15-17H2,1H3/t23-/m0/s1. The van der Waals surface area contributed by atoms with Crippen molar-refractivity contribution in [2.75, 3.05) is 31.1 Å². The van der Waals surface area contributed by atoms with Gasteiger partial charge in [0.25, 0.3) is 0 Å². The molecule has 156 valence electrons. The number of piperazine rings is 1. The summed E-state index contributed by atoms with van der Waals surface area (Å²) in [5, 5.41) is 5.62. The number of aromatic nitrogens is 1. The minimum atomic E-state index is 0.683. The van der Waals surface area contributed by atoms with Crippen LogP contribution in [0.5, 0.6) is 0 Å². The lowest BCUT2D eigenvalue weighted by Gasteiger charge is -2.39. The minimum Gasteiger partial charge on any atom is -0.353 e. The quantitative estimate of drug-likeness (QED) is 0.644. The van der Waals surface area contributed by atoms with Crippen LogP contribution >= 0.6 is 11.6 Å². The molecule has 1 aromatic heterocycles. The summed E-state index contributed by atoms with van der Waals surface area (Å²) in [5.74, 6) is 1.16. The molecule has 0 aliphatic carbocycles. The number of para-hydroxylation sites is 1. The van der Waals surface area contributed by atoms with E-state index in [9.17, 15) is 0 Å². The second-order valence-corrected chi connectivity index (χ2v) is 9.06. The van der Waals surface area contributed by atoms with Gasteiger partial charge in [-0.15, -0.1) is 0 Å². The predicted molar refractivity (Wildman–Crippen MR) is 125 cm³/mol. The minimum absolute atomic E-state index is 0.683. The predicted octanol–water partition coefficient (Wildman–Crippen LogP) is 4.77.